The minimum atomic E-state index is -3.83. The van der Waals surface area contributed by atoms with Crippen LogP contribution in [-0.2, 0) is 10.0 Å². The largest absolute Gasteiger partial charge is 0.368 e. The number of hydrogen-bond acceptors (Lipinski definition) is 7. The van der Waals surface area contributed by atoms with Crippen molar-refractivity contribution in [1.82, 2.24) is 8.35 Å². The molecule has 1 fully saturated rings. The van der Waals surface area contributed by atoms with Crippen LogP contribution in [0.1, 0.15) is 15.9 Å². The number of benzene rings is 3. The van der Waals surface area contributed by atoms with Gasteiger partial charge in [-0.05, 0) is 60.9 Å². The third-order valence-corrected chi connectivity index (χ3v) is 9.30. The summed E-state index contributed by atoms with van der Waals surface area (Å²) in [5, 5.41) is 1.82. The first-order valence-electron chi connectivity index (χ1n) is 11.7. The summed E-state index contributed by atoms with van der Waals surface area (Å²) in [5.41, 5.74) is 2.80. The fraction of sp³-hybridized carbons (Fsp3) is 0.185. The average Bonchev–Trinajstić information content (AvgIpc) is 3.51. The number of piperazine rings is 1. The van der Waals surface area contributed by atoms with Crippen LogP contribution in [0.3, 0.4) is 0 Å². The van der Waals surface area contributed by atoms with Crippen LogP contribution in [0.5, 0.6) is 0 Å². The van der Waals surface area contributed by atoms with E-state index in [1.54, 1.807) is 30.3 Å². The van der Waals surface area contributed by atoms with Gasteiger partial charge in [0, 0.05) is 54.4 Å². The van der Waals surface area contributed by atoms with Gasteiger partial charge >= 0.3 is 0 Å². The first kappa shape index (κ1) is 22.8. The van der Waals surface area contributed by atoms with Gasteiger partial charge in [-0.25, -0.2) is 12.4 Å². The van der Waals surface area contributed by atoms with Gasteiger partial charge in [-0.2, -0.15) is 4.37 Å². The topological polar surface area (TPSA) is 75.5 Å². The zero-order valence-corrected chi connectivity index (χ0v) is 21.3. The van der Waals surface area contributed by atoms with Gasteiger partial charge in [0.05, 0.1) is 15.1 Å². The predicted molar refractivity (Wildman–Crippen MR) is 145 cm³/mol. The summed E-state index contributed by atoms with van der Waals surface area (Å²) in [6.07, 6.45) is 2.14. The van der Waals surface area contributed by atoms with Gasteiger partial charge in [-0.1, -0.05) is 29.8 Å². The molecular formula is C27H24N4O3S2. The van der Waals surface area contributed by atoms with E-state index in [2.05, 4.69) is 26.3 Å². The fourth-order valence-electron chi connectivity index (χ4n) is 4.80. The lowest BCUT2D eigenvalue weighted by atomic mass is 10.1. The number of anilines is 2. The van der Waals surface area contributed by atoms with Gasteiger partial charge < -0.3 is 9.80 Å². The molecule has 0 N–H and O–H groups in total. The van der Waals surface area contributed by atoms with Crippen LogP contribution >= 0.6 is 11.5 Å². The van der Waals surface area contributed by atoms with Crippen molar-refractivity contribution in [3.63, 3.8) is 0 Å². The highest BCUT2D eigenvalue weighted by Gasteiger charge is 2.24. The second kappa shape index (κ2) is 8.76. The first-order chi connectivity index (χ1) is 17.5. The molecule has 6 rings (SSSR count). The van der Waals surface area contributed by atoms with E-state index >= 15 is 0 Å². The standard InChI is InChI=1S/C27H24N4O3S2/c1-19-6-9-22(10-7-19)36(33,34)31-17-20(18-32)24-16-21(8-11-25(24)31)29-12-14-30(15-13-29)27-23-4-2-3-5-26(23)35-28-27/h2-11,16-18H,12-15H2,1H3. The van der Waals surface area contributed by atoms with Gasteiger partial charge in [-0.15, -0.1) is 0 Å². The zero-order valence-electron chi connectivity index (χ0n) is 19.7. The van der Waals surface area contributed by atoms with Crippen molar-refractivity contribution in [1.29, 1.82) is 0 Å². The molecule has 182 valence electrons. The zero-order chi connectivity index (χ0) is 24.9. The van der Waals surface area contributed by atoms with E-state index in [4.69, 9.17) is 0 Å². The maximum atomic E-state index is 13.3. The van der Waals surface area contributed by atoms with Gasteiger partial charge in [0.2, 0.25) is 0 Å². The van der Waals surface area contributed by atoms with Crippen LogP contribution in [0.4, 0.5) is 11.5 Å². The molecule has 2 aromatic heterocycles. The Morgan fingerprint density at radius 1 is 0.889 bits per heavy atom. The Bertz CT molecular complexity index is 1700. The lowest BCUT2D eigenvalue weighted by Crippen LogP contribution is -2.46. The number of nitrogens with zero attached hydrogens (tertiary/aromatic N) is 4. The molecule has 0 saturated carbocycles. The maximum absolute atomic E-state index is 13.3. The maximum Gasteiger partial charge on any atom is 0.268 e. The minimum absolute atomic E-state index is 0.192. The highest BCUT2D eigenvalue weighted by molar-refractivity contribution is 7.90. The Morgan fingerprint density at radius 2 is 1.61 bits per heavy atom. The van der Waals surface area contributed by atoms with E-state index in [9.17, 15) is 13.2 Å². The van der Waals surface area contributed by atoms with Crippen LogP contribution in [0.2, 0.25) is 0 Å². The Kier molecular flexibility index (Phi) is 5.54. The third-order valence-electron chi connectivity index (χ3n) is 6.79. The number of hydrogen-bond donors (Lipinski definition) is 0. The molecule has 36 heavy (non-hydrogen) atoms. The van der Waals surface area contributed by atoms with E-state index in [0.717, 1.165) is 49.5 Å². The number of aryl methyl sites for hydroxylation is 1. The molecule has 3 heterocycles. The second-order valence-corrected chi connectivity index (χ2v) is 11.6. The average molecular weight is 517 g/mol. The molecular weight excluding hydrogens is 492 g/mol. The SMILES string of the molecule is Cc1ccc(S(=O)(=O)n2cc(C=O)c3cc(N4CCN(c5nsc6ccccc56)CC4)ccc32)cc1. The number of aldehydes is 1. The summed E-state index contributed by atoms with van der Waals surface area (Å²) in [6, 6.07) is 20.7. The van der Waals surface area contributed by atoms with Crippen LogP contribution in [0.15, 0.2) is 77.8 Å². The van der Waals surface area contributed by atoms with Gasteiger partial charge in [0.15, 0.2) is 6.29 Å². The van der Waals surface area contributed by atoms with Gasteiger partial charge in [0.1, 0.15) is 5.82 Å². The quantitative estimate of drug-likeness (QED) is 0.308. The molecule has 0 bridgehead atoms. The molecule has 1 aliphatic heterocycles. The summed E-state index contributed by atoms with van der Waals surface area (Å²) in [6.45, 7) is 5.17. The number of rotatable bonds is 5. The molecule has 0 spiro atoms. The molecule has 7 nitrogen and oxygen atoms in total. The molecule has 0 amide bonds. The number of carbonyl (C=O) groups excluding carboxylic acids is 1. The van der Waals surface area contributed by atoms with E-state index in [-0.39, 0.29) is 4.90 Å². The molecule has 0 radical (unpaired) electrons. The van der Waals surface area contributed by atoms with Crippen LogP contribution in [-0.4, -0.2) is 49.2 Å². The van der Waals surface area contributed by atoms with Gasteiger partial charge in [-0.3, -0.25) is 4.79 Å². The number of carbonyl (C=O) groups is 1. The molecule has 1 aliphatic rings. The van der Waals surface area contributed by atoms with Crippen molar-refractivity contribution in [3.05, 3.63) is 84.1 Å². The highest BCUT2D eigenvalue weighted by atomic mass is 32.2. The Balaban J connectivity index is 1.29. The molecule has 3 aromatic carbocycles. The smallest absolute Gasteiger partial charge is 0.268 e. The summed E-state index contributed by atoms with van der Waals surface area (Å²) in [5.74, 6) is 1.03. The second-order valence-electron chi connectivity index (χ2n) is 8.99. The lowest BCUT2D eigenvalue weighted by Gasteiger charge is -2.36. The van der Waals surface area contributed by atoms with E-state index in [0.29, 0.717) is 16.5 Å². The summed E-state index contributed by atoms with van der Waals surface area (Å²) in [4.78, 5) is 16.7. The first-order valence-corrected chi connectivity index (χ1v) is 13.9. The van der Waals surface area contributed by atoms with Crippen molar-refractivity contribution in [3.8, 4) is 0 Å². The van der Waals surface area contributed by atoms with Crippen LogP contribution < -0.4 is 9.80 Å². The Labute approximate surface area is 213 Å². The third kappa shape index (κ3) is 3.75. The lowest BCUT2D eigenvalue weighted by molar-refractivity contribution is 0.112. The molecule has 9 heteroatoms. The van der Waals surface area contributed by atoms with E-state index < -0.39 is 10.0 Å². The Morgan fingerprint density at radius 3 is 2.36 bits per heavy atom. The van der Waals surface area contributed by atoms with Crippen LogP contribution in [0.25, 0.3) is 21.0 Å². The van der Waals surface area contributed by atoms with Gasteiger partial charge in [0.25, 0.3) is 10.0 Å². The van der Waals surface area contributed by atoms with E-state index in [1.165, 1.54) is 31.8 Å². The van der Waals surface area contributed by atoms with Crippen molar-refractivity contribution in [2.24, 2.45) is 0 Å². The molecule has 1 saturated heterocycles. The molecule has 0 unspecified atom stereocenters. The monoisotopic (exact) mass is 516 g/mol. The van der Waals surface area contributed by atoms with Crippen molar-refractivity contribution in [2.45, 2.75) is 11.8 Å². The number of fused-ring (bicyclic) bond motifs is 2. The minimum Gasteiger partial charge on any atom is -0.368 e. The molecule has 0 aliphatic carbocycles. The Hall–Kier alpha value is -3.69. The van der Waals surface area contributed by atoms with Crippen molar-refractivity contribution in [2.75, 3.05) is 36.0 Å². The predicted octanol–water partition coefficient (Wildman–Crippen LogP) is 4.94. The summed E-state index contributed by atoms with van der Waals surface area (Å²) < 4.78 is 33.8. The molecule has 5 aromatic rings. The van der Waals surface area contributed by atoms with Crippen molar-refractivity contribution < 1.29 is 13.2 Å². The number of aromatic nitrogens is 2. The fourth-order valence-corrected chi connectivity index (χ4v) is 6.98. The van der Waals surface area contributed by atoms with Crippen LogP contribution in [0, 0.1) is 6.92 Å². The van der Waals surface area contributed by atoms with Crippen molar-refractivity contribution >= 4 is 60.3 Å². The highest BCUT2D eigenvalue weighted by Crippen LogP contribution is 2.32. The molecule has 0 atom stereocenters. The van der Waals surface area contributed by atoms with E-state index in [1.807, 2.05) is 31.2 Å². The summed E-state index contributed by atoms with van der Waals surface area (Å²) >= 11 is 1.52. The normalized spacial score (nSPS) is 14.6. The summed E-state index contributed by atoms with van der Waals surface area (Å²) in [7, 11) is -3.83.